The summed E-state index contributed by atoms with van der Waals surface area (Å²) < 4.78 is 5.67. The van der Waals surface area contributed by atoms with Gasteiger partial charge in [0.05, 0.1) is 6.10 Å². The van der Waals surface area contributed by atoms with Gasteiger partial charge in [-0.05, 0) is 68.3 Å². The van der Waals surface area contributed by atoms with Crippen LogP contribution in [-0.2, 0) is 4.79 Å². The predicted molar refractivity (Wildman–Crippen MR) is 112 cm³/mol. The molecule has 7 heteroatoms. The van der Waals surface area contributed by atoms with Gasteiger partial charge in [-0.25, -0.2) is 0 Å². The molecule has 7 nitrogen and oxygen atoms in total. The molecular formula is C22H27N3O4. The second-order valence-corrected chi connectivity index (χ2v) is 6.64. The lowest BCUT2D eigenvalue weighted by molar-refractivity contribution is -0.116. The van der Waals surface area contributed by atoms with E-state index in [-0.39, 0.29) is 12.0 Å². The Labute approximate surface area is 170 Å². The Kier molecular flexibility index (Phi) is 8.21. The Morgan fingerprint density at radius 1 is 0.862 bits per heavy atom. The highest BCUT2D eigenvalue weighted by molar-refractivity contribution is 5.99. The van der Waals surface area contributed by atoms with Gasteiger partial charge >= 0.3 is 0 Å². The monoisotopic (exact) mass is 397 g/mol. The largest absolute Gasteiger partial charge is 0.491 e. The molecular weight excluding hydrogens is 370 g/mol. The molecule has 0 aromatic heterocycles. The summed E-state index contributed by atoms with van der Waals surface area (Å²) in [5.74, 6) is -0.276. The molecule has 1 unspecified atom stereocenters. The zero-order chi connectivity index (χ0) is 21.2. The Hall–Kier alpha value is -3.35. The van der Waals surface area contributed by atoms with E-state index >= 15 is 0 Å². The molecule has 0 spiro atoms. The van der Waals surface area contributed by atoms with Crippen molar-refractivity contribution in [3.05, 3.63) is 59.7 Å². The summed E-state index contributed by atoms with van der Waals surface area (Å²) in [4.78, 5) is 36.0. The lowest BCUT2D eigenvalue weighted by Gasteiger charge is -2.13. The van der Waals surface area contributed by atoms with E-state index in [2.05, 4.69) is 16.2 Å². The standard InChI is InChI=1S/C22H27N3O4/c1-4-6-20(26)23-18-11-7-16(8-12-18)21(27)24-25-22(28)17-9-13-19(14-10-17)29-15(3)5-2/h7-15H,4-6H2,1-3H3,(H,23,26)(H,24,27)(H,25,28). The van der Waals surface area contributed by atoms with Crippen LogP contribution in [0.25, 0.3) is 0 Å². The number of carbonyl (C=O) groups is 3. The molecule has 0 aliphatic rings. The smallest absolute Gasteiger partial charge is 0.269 e. The third kappa shape index (κ3) is 6.95. The zero-order valence-electron chi connectivity index (χ0n) is 17.0. The minimum Gasteiger partial charge on any atom is -0.491 e. The van der Waals surface area contributed by atoms with Crippen LogP contribution in [0.15, 0.2) is 48.5 Å². The Morgan fingerprint density at radius 3 is 1.86 bits per heavy atom. The van der Waals surface area contributed by atoms with Gasteiger partial charge in [0.2, 0.25) is 5.91 Å². The fraction of sp³-hybridized carbons (Fsp3) is 0.318. The van der Waals surface area contributed by atoms with Gasteiger partial charge in [-0.15, -0.1) is 0 Å². The number of rotatable bonds is 8. The normalized spacial score (nSPS) is 11.3. The second kappa shape index (κ2) is 10.8. The molecule has 0 saturated heterocycles. The first kappa shape index (κ1) is 21.9. The average molecular weight is 397 g/mol. The van der Waals surface area contributed by atoms with E-state index in [9.17, 15) is 14.4 Å². The minimum atomic E-state index is -0.457. The summed E-state index contributed by atoms with van der Waals surface area (Å²) in [7, 11) is 0. The SMILES string of the molecule is CCCC(=O)Nc1ccc(C(=O)NNC(=O)c2ccc(OC(C)CC)cc2)cc1. The van der Waals surface area contributed by atoms with Crippen molar-refractivity contribution in [3.8, 4) is 5.75 Å². The molecule has 0 aliphatic heterocycles. The third-order valence-corrected chi connectivity index (χ3v) is 4.23. The van der Waals surface area contributed by atoms with Gasteiger partial charge in [0.25, 0.3) is 11.8 Å². The summed E-state index contributed by atoms with van der Waals surface area (Å²) in [5.41, 5.74) is 6.13. The summed E-state index contributed by atoms with van der Waals surface area (Å²) >= 11 is 0. The minimum absolute atomic E-state index is 0.0717. The number of anilines is 1. The van der Waals surface area contributed by atoms with Crippen molar-refractivity contribution in [1.82, 2.24) is 10.9 Å². The molecule has 0 fully saturated rings. The van der Waals surface area contributed by atoms with Gasteiger partial charge < -0.3 is 10.1 Å². The molecule has 0 radical (unpaired) electrons. The quantitative estimate of drug-likeness (QED) is 0.592. The number of carbonyl (C=O) groups excluding carboxylic acids is 3. The number of hydrazine groups is 1. The summed E-state index contributed by atoms with van der Waals surface area (Å²) in [6, 6.07) is 13.1. The fourth-order valence-corrected chi connectivity index (χ4v) is 2.41. The van der Waals surface area contributed by atoms with E-state index in [0.29, 0.717) is 29.0 Å². The van der Waals surface area contributed by atoms with Gasteiger partial charge in [0.15, 0.2) is 0 Å². The maximum Gasteiger partial charge on any atom is 0.269 e. The number of hydrogen-bond acceptors (Lipinski definition) is 4. The number of hydrogen-bond donors (Lipinski definition) is 3. The van der Waals surface area contributed by atoms with Gasteiger partial charge in [-0.1, -0.05) is 13.8 Å². The first-order chi connectivity index (χ1) is 13.9. The van der Waals surface area contributed by atoms with Crippen molar-refractivity contribution in [1.29, 1.82) is 0 Å². The highest BCUT2D eigenvalue weighted by atomic mass is 16.5. The van der Waals surface area contributed by atoms with Crippen molar-refractivity contribution in [2.45, 2.75) is 46.1 Å². The van der Waals surface area contributed by atoms with Crippen LogP contribution in [0, 0.1) is 0 Å². The summed E-state index contributed by atoms with van der Waals surface area (Å²) in [6.07, 6.45) is 2.19. The van der Waals surface area contributed by atoms with Crippen LogP contribution in [0.1, 0.15) is 60.7 Å². The molecule has 0 saturated carbocycles. The topological polar surface area (TPSA) is 96.5 Å². The van der Waals surface area contributed by atoms with Gasteiger partial charge in [-0.2, -0.15) is 0 Å². The highest BCUT2D eigenvalue weighted by Gasteiger charge is 2.10. The van der Waals surface area contributed by atoms with Gasteiger partial charge in [0, 0.05) is 23.2 Å². The van der Waals surface area contributed by atoms with Crippen LogP contribution >= 0.6 is 0 Å². The lowest BCUT2D eigenvalue weighted by Crippen LogP contribution is -2.41. The molecule has 2 rings (SSSR count). The second-order valence-electron chi connectivity index (χ2n) is 6.64. The maximum atomic E-state index is 12.2. The van der Waals surface area contributed by atoms with Gasteiger partial charge in [0.1, 0.15) is 5.75 Å². The summed E-state index contributed by atoms with van der Waals surface area (Å²) in [6.45, 7) is 5.93. The Bertz CT molecular complexity index is 832. The van der Waals surface area contributed by atoms with Crippen LogP contribution in [0.3, 0.4) is 0 Å². The Morgan fingerprint density at radius 2 is 1.38 bits per heavy atom. The van der Waals surface area contributed by atoms with E-state index in [1.807, 2.05) is 20.8 Å². The number of benzene rings is 2. The highest BCUT2D eigenvalue weighted by Crippen LogP contribution is 2.15. The van der Waals surface area contributed by atoms with Gasteiger partial charge in [-0.3, -0.25) is 25.2 Å². The molecule has 2 aromatic rings. The lowest BCUT2D eigenvalue weighted by atomic mass is 10.2. The summed E-state index contributed by atoms with van der Waals surface area (Å²) in [5, 5.41) is 2.75. The van der Waals surface area contributed by atoms with Crippen molar-refractivity contribution >= 4 is 23.4 Å². The van der Waals surface area contributed by atoms with Crippen molar-refractivity contribution in [3.63, 3.8) is 0 Å². The molecule has 29 heavy (non-hydrogen) atoms. The number of ether oxygens (including phenoxy) is 1. The van der Waals surface area contributed by atoms with E-state index in [0.717, 1.165) is 12.8 Å². The number of nitrogens with one attached hydrogen (secondary N) is 3. The third-order valence-electron chi connectivity index (χ3n) is 4.23. The first-order valence-corrected chi connectivity index (χ1v) is 9.70. The fourth-order valence-electron chi connectivity index (χ4n) is 2.41. The average Bonchev–Trinajstić information content (AvgIpc) is 2.73. The molecule has 2 aromatic carbocycles. The predicted octanol–water partition coefficient (Wildman–Crippen LogP) is 3.68. The molecule has 3 amide bonds. The maximum absolute atomic E-state index is 12.2. The Balaban J connectivity index is 1.86. The molecule has 3 N–H and O–H groups in total. The molecule has 0 bridgehead atoms. The van der Waals surface area contributed by atoms with E-state index < -0.39 is 11.8 Å². The van der Waals surface area contributed by atoms with Crippen LogP contribution in [0.4, 0.5) is 5.69 Å². The van der Waals surface area contributed by atoms with Crippen LogP contribution in [-0.4, -0.2) is 23.8 Å². The van der Waals surface area contributed by atoms with Crippen molar-refractivity contribution in [2.75, 3.05) is 5.32 Å². The van der Waals surface area contributed by atoms with Crippen LogP contribution in [0.2, 0.25) is 0 Å². The molecule has 0 aliphatic carbocycles. The van der Waals surface area contributed by atoms with Crippen molar-refractivity contribution < 1.29 is 19.1 Å². The molecule has 1 atom stereocenters. The molecule has 154 valence electrons. The van der Waals surface area contributed by atoms with Crippen molar-refractivity contribution in [2.24, 2.45) is 0 Å². The molecule has 0 heterocycles. The van der Waals surface area contributed by atoms with E-state index in [1.165, 1.54) is 0 Å². The van der Waals surface area contributed by atoms with E-state index in [4.69, 9.17) is 4.74 Å². The van der Waals surface area contributed by atoms with Crippen LogP contribution in [0.5, 0.6) is 5.75 Å². The van der Waals surface area contributed by atoms with E-state index in [1.54, 1.807) is 48.5 Å². The van der Waals surface area contributed by atoms with Crippen LogP contribution < -0.4 is 20.9 Å². The first-order valence-electron chi connectivity index (χ1n) is 9.70. The zero-order valence-corrected chi connectivity index (χ0v) is 17.0. The number of amides is 3.